The van der Waals surface area contributed by atoms with Gasteiger partial charge in [0.2, 0.25) is 0 Å². The summed E-state index contributed by atoms with van der Waals surface area (Å²) < 4.78 is 5.36. The van der Waals surface area contributed by atoms with Crippen LogP contribution in [0.4, 0.5) is 4.79 Å². The lowest BCUT2D eigenvalue weighted by Gasteiger charge is -2.31. The fourth-order valence-electron chi connectivity index (χ4n) is 2.88. The van der Waals surface area contributed by atoms with Crippen LogP contribution in [0, 0.1) is 5.92 Å². The number of hydrogen-bond acceptors (Lipinski definition) is 5. The van der Waals surface area contributed by atoms with Crippen LogP contribution in [-0.4, -0.2) is 40.1 Å². The molecular formula is C18H20N2O4S. The van der Waals surface area contributed by atoms with E-state index in [0.717, 1.165) is 29.8 Å². The lowest BCUT2D eigenvalue weighted by molar-refractivity contribution is 0.0701. The molecule has 1 amide bonds. The van der Waals surface area contributed by atoms with Crippen molar-refractivity contribution < 1.29 is 19.4 Å². The maximum absolute atomic E-state index is 12.1. The molecule has 0 radical (unpaired) electrons. The Balaban J connectivity index is 1.43. The molecule has 25 heavy (non-hydrogen) atoms. The first-order chi connectivity index (χ1) is 12.1. The molecule has 1 aromatic heterocycles. The Kier molecular flexibility index (Phi) is 5.65. The minimum atomic E-state index is -0.931. The van der Waals surface area contributed by atoms with E-state index in [1.807, 2.05) is 30.3 Å². The number of carboxylic acids is 1. The predicted molar refractivity (Wildman–Crippen MR) is 93.7 cm³/mol. The zero-order valence-electron chi connectivity index (χ0n) is 13.8. The zero-order valence-corrected chi connectivity index (χ0v) is 14.6. The van der Waals surface area contributed by atoms with E-state index in [1.54, 1.807) is 4.90 Å². The summed E-state index contributed by atoms with van der Waals surface area (Å²) in [6, 6.07) is 9.63. The Bertz CT molecular complexity index is 724. The van der Waals surface area contributed by atoms with E-state index in [-0.39, 0.29) is 17.6 Å². The first-order valence-corrected chi connectivity index (χ1v) is 9.07. The minimum Gasteiger partial charge on any atom is -0.477 e. The number of aromatic carboxylic acids is 1. The summed E-state index contributed by atoms with van der Waals surface area (Å²) in [5.74, 6) is -0.509. The van der Waals surface area contributed by atoms with Crippen LogP contribution < -0.4 is 0 Å². The number of carboxylic acid groups (broad SMARTS) is 1. The van der Waals surface area contributed by atoms with Gasteiger partial charge in [-0.2, -0.15) is 0 Å². The Morgan fingerprint density at radius 1 is 1.24 bits per heavy atom. The van der Waals surface area contributed by atoms with Crippen molar-refractivity contribution in [3.8, 4) is 0 Å². The second-order valence-electron chi connectivity index (χ2n) is 6.10. The van der Waals surface area contributed by atoms with Gasteiger partial charge < -0.3 is 14.7 Å². The molecule has 0 spiro atoms. The normalized spacial score (nSPS) is 15.1. The number of ether oxygens (including phenoxy) is 1. The van der Waals surface area contributed by atoms with Gasteiger partial charge in [0.25, 0.3) is 0 Å². The highest BCUT2D eigenvalue weighted by molar-refractivity contribution is 7.13. The van der Waals surface area contributed by atoms with Crippen molar-refractivity contribution >= 4 is 23.4 Å². The maximum Gasteiger partial charge on any atom is 0.410 e. The van der Waals surface area contributed by atoms with E-state index in [2.05, 4.69) is 4.98 Å². The Morgan fingerprint density at radius 3 is 2.60 bits per heavy atom. The molecule has 7 heteroatoms. The lowest BCUT2D eigenvalue weighted by atomic mass is 9.94. The van der Waals surface area contributed by atoms with Crippen molar-refractivity contribution in [3.63, 3.8) is 0 Å². The number of thiazole rings is 1. The van der Waals surface area contributed by atoms with Crippen molar-refractivity contribution in [2.45, 2.75) is 25.9 Å². The van der Waals surface area contributed by atoms with Crippen LogP contribution in [0.15, 0.2) is 36.5 Å². The number of carbonyl (C=O) groups excluding carboxylic acids is 1. The molecule has 2 aromatic rings. The Labute approximate surface area is 150 Å². The molecule has 0 bridgehead atoms. The molecule has 0 atom stereocenters. The second kappa shape index (κ2) is 8.11. The number of nitrogens with zero attached hydrogens (tertiary/aromatic N) is 2. The van der Waals surface area contributed by atoms with Crippen LogP contribution in [0.3, 0.4) is 0 Å². The molecule has 1 aromatic carbocycles. The van der Waals surface area contributed by atoms with Crippen LogP contribution >= 0.6 is 11.3 Å². The van der Waals surface area contributed by atoms with Gasteiger partial charge in [0, 0.05) is 19.5 Å². The molecule has 0 saturated carbocycles. The number of benzene rings is 1. The van der Waals surface area contributed by atoms with Gasteiger partial charge in [0.15, 0.2) is 0 Å². The molecule has 1 aliphatic rings. The molecule has 6 nitrogen and oxygen atoms in total. The first-order valence-electron chi connectivity index (χ1n) is 8.25. The molecule has 2 heterocycles. The predicted octanol–water partition coefficient (Wildman–Crippen LogP) is 3.43. The van der Waals surface area contributed by atoms with Gasteiger partial charge in [-0.1, -0.05) is 30.3 Å². The monoisotopic (exact) mass is 360 g/mol. The third kappa shape index (κ3) is 4.79. The van der Waals surface area contributed by atoms with Gasteiger partial charge in [-0.25, -0.2) is 14.6 Å². The molecular weight excluding hydrogens is 340 g/mol. The molecule has 0 aliphatic carbocycles. The quantitative estimate of drug-likeness (QED) is 0.883. The highest BCUT2D eigenvalue weighted by Crippen LogP contribution is 2.24. The maximum atomic E-state index is 12.1. The summed E-state index contributed by atoms with van der Waals surface area (Å²) in [5, 5.41) is 9.79. The van der Waals surface area contributed by atoms with Crippen molar-refractivity contribution in [1.82, 2.24) is 9.88 Å². The van der Waals surface area contributed by atoms with Crippen molar-refractivity contribution in [3.05, 3.63) is 52.0 Å². The number of piperidine rings is 1. The fourth-order valence-corrected chi connectivity index (χ4v) is 3.75. The van der Waals surface area contributed by atoms with Crippen LogP contribution in [0.25, 0.3) is 0 Å². The van der Waals surface area contributed by atoms with Crippen LogP contribution in [0.2, 0.25) is 0 Å². The van der Waals surface area contributed by atoms with E-state index in [0.29, 0.717) is 19.0 Å². The SMILES string of the molecule is O=C(O)c1cnc(CC2CCN(C(=O)OCc3ccccc3)CC2)s1. The van der Waals surface area contributed by atoms with Crippen LogP contribution in [0.5, 0.6) is 0 Å². The number of aromatic nitrogens is 1. The molecule has 1 fully saturated rings. The summed E-state index contributed by atoms with van der Waals surface area (Å²) in [5.41, 5.74) is 0.976. The second-order valence-corrected chi connectivity index (χ2v) is 7.21. The molecule has 1 saturated heterocycles. The summed E-state index contributed by atoms with van der Waals surface area (Å²) in [4.78, 5) is 29.2. The van der Waals surface area contributed by atoms with Crippen molar-refractivity contribution in [1.29, 1.82) is 0 Å². The molecule has 1 N–H and O–H groups in total. The summed E-state index contributed by atoms with van der Waals surface area (Å²) in [6.45, 7) is 1.61. The summed E-state index contributed by atoms with van der Waals surface area (Å²) in [6.07, 6.45) is 3.67. The average molecular weight is 360 g/mol. The van der Waals surface area contributed by atoms with Crippen molar-refractivity contribution in [2.24, 2.45) is 5.92 Å². The molecule has 0 unspecified atom stereocenters. The Morgan fingerprint density at radius 2 is 1.96 bits per heavy atom. The number of rotatable bonds is 5. The number of amides is 1. The van der Waals surface area contributed by atoms with Gasteiger partial charge in [-0.15, -0.1) is 11.3 Å². The van der Waals surface area contributed by atoms with Crippen LogP contribution in [-0.2, 0) is 17.8 Å². The molecule has 1 aliphatic heterocycles. The van der Waals surface area contributed by atoms with Gasteiger partial charge in [-0.3, -0.25) is 0 Å². The van der Waals surface area contributed by atoms with Gasteiger partial charge in [0.1, 0.15) is 11.5 Å². The van der Waals surface area contributed by atoms with E-state index < -0.39 is 5.97 Å². The molecule has 132 valence electrons. The largest absolute Gasteiger partial charge is 0.477 e. The standard InChI is InChI=1S/C18H20N2O4S/c21-17(22)15-11-19-16(25-15)10-13-6-8-20(9-7-13)18(23)24-12-14-4-2-1-3-5-14/h1-5,11,13H,6-10,12H2,(H,21,22). The third-order valence-electron chi connectivity index (χ3n) is 4.31. The number of hydrogen-bond donors (Lipinski definition) is 1. The highest BCUT2D eigenvalue weighted by atomic mass is 32.1. The smallest absolute Gasteiger partial charge is 0.410 e. The molecule has 3 rings (SSSR count). The average Bonchev–Trinajstić information content (AvgIpc) is 3.10. The third-order valence-corrected chi connectivity index (χ3v) is 5.31. The van der Waals surface area contributed by atoms with Crippen LogP contribution in [0.1, 0.15) is 33.1 Å². The van der Waals surface area contributed by atoms with E-state index in [1.165, 1.54) is 17.5 Å². The Hall–Kier alpha value is -2.41. The van der Waals surface area contributed by atoms with E-state index >= 15 is 0 Å². The highest BCUT2D eigenvalue weighted by Gasteiger charge is 2.25. The fraction of sp³-hybridized carbons (Fsp3) is 0.389. The number of carbonyl (C=O) groups is 2. The van der Waals surface area contributed by atoms with E-state index in [9.17, 15) is 9.59 Å². The lowest BCUT2D eigenvalue weighted by Crippen LogP contribution is -2.39. The number of likely N-dealkylation sites (tertiary alicyclic amines) is 1. The van der Waals surface area contributed by atoms with Gasteiger partial charge in [-0.05, 0) is 24.3 Å². The van der Waals surface area contributed by atoms with Gasteiger partial charge in [0.05, 0.1) is 11.2 Å². The minimum absolute atomic E-state index is 0.273. The van der Waals surface area contributed by atoms with E-state index in [4.69, 9.17) is 9.84 Å². The summed E-state index contributed by atoms with van der Waals surface area (Å²) >= 11 is 1.23. The zero-order chi connectivity index (χ0) is 17.6. The summed E-state index contributed by atoms with van der Waals surface area (Å²) in [7, 11) is 0. The topological polar surface area (TPSA) is 79.7 Å². The van der Waals surface area contributed by atoms with Crippen molar-refractivity contribution in [2.75, 3.05) is 13.1 Å². The van der Waals surface area contributed by atoms with Gasteiger partial charge >= 0.3 is 12.1 Å². The first kappa shape index (κ1) is 17.4.